The van der Waals surface area contributed by atoms with Crippen LogP contribution >= 0.6 is 0 Å². The van der Waals surface area contributed by atoms with Crippen molar-refractivity contribution in [3.63, 3.8) is 0 Å². The van der Waals surface area contributed by atoms with Gasteiger partial charge in [-0.2, -0.15) is 4.31 Å². The van der Waals surface area contributed by atoms with E-state index in [0.29, 0.717) is 24.2 Å². The van der Waals surface area contributed by atoms with Gasteiger partial charge < -0.3 is 5.11 Å². The average Bonchev–Trinajstić information content (AvgIpc) is 3.10. The minimum Gasteiger partial charge on any atom is -0.478 e. The van der Waals surface area contributed by atoms with Gasteiger partial charge in [-0.1, -0.05) is 12.1 Å². The fourth-order valence-electron chi connectivity index (χ4n) is 2.69. The van der Waals surface area contributed by atoms with E-state index in [1.54, 1.807) is 12.1 Å². The lowest BCUT2D eigenvalue weighted by molar-refractivity contribution is 0.0697. The van der Waals surface area contributed by atoms with Crippen molar-refractivity contribution in [1.82, 2.24) is 9.29 Å². The van der Waals surface area contributed by atoms with Crippen LogP contribution in [-0.2, 0) is 10.0 Å². The average molecular weight is 332 g/mol. The molecule has 2 heterocycles. The molecule has 0 saturated carbocycles. The smallest absolute Gasteiger partial charge is 0.336 e. The molecule has 1 N–H and O–H groups in total. The van der Waals surface area contributed by atoms with E-state index >= 15 is 0 Å². The second-order valence-corrected chi connectivity index (χ2v) is 7.30. The predicted molar refractivity (Wildman–Crippen MR) is 84.6 cm³/mol. The first kappa shape index (κ1) is 15.6. The SMILES string of the molecule is O=C(O)c1ccncc1-c1ccc(S(=O)(=O)N2CCCC2)cc1. The summed E-state index contributed by atoms with van der Waals surface area (Å²) in [5.74, 6) is -1.05. The molecule has 0 aliphatic carbocycles. The molecule has 0 spiro atoms. The minimum atomic E-state index is -3.46. The van der Waals surface area contributed by atoms with E-state index in [0.717, 1.165) is 12.8 Å². The summed E-state index contributed by atoms with van der Waals surface area (Å²) in [4.78, 5) is 15.4. The Labute approximate surface area is 134 Å². The van der Waals surface area contributed by atoms with Crippen molar-refractivity contribution in [3.8, 4) is 11.1 Å². The number of carbonyl (C=O) groups is 1. The summed E-state index contributed by atoms with van der Waals surface area (Å²) < 4.78 is 26.4. The minimum absolute atomic E-state index is 0.134. The van der Waals surface area contributed by atoms with Crippen LogP contribution in [0, 0.1) is 0 Å². The van der Waals surface area contributed by atoms with Crippen LogP contribution in [0.3, 0.4) is 0 Å². The molecule has 2 aromatic rings. The van der Waals surface area contributed by atoms with E-state index in [1.165, 1.54) is 34.9 Å². The molecule has 0 radical (unpaired) electrons. The van der Waals surface area contributed by atoms with Gasteiger partial charge in [0.2, 0.25) is 10.0 Å². The number of carboxylic acid groups (broad SMARTS) is 1. The van der Waals surface area contributed by atoms with Crippen LogP contribution in [0.15, 0.2) is 47.6 Å². The lowest BCUT2D eigenvalue weighted by Gasteiger charge is -2.15. The van der Waals surface area contributed by atoms with E-state index in [4.69, 9.17) is 0 Å². The standard InChI is InChI=1S/C16H16N2O4S/c19-16(20)14-7-8-17-11-15(14)12-3-5-13(6-4-12)23(21,22)18-9-1-2-10-18/h3-8,11H,1-2,9-10H2,(H,19,20). The maximum absolute atomic E-state index is 12.5. The maximum Gasteiger partial charge on any atom is 0.336 e. The van der Waals surface area contributed by atoms with Crippen molar-refractivity contribution in [1.29, 1.82) is 0 Å². The largest absolute Gasteiger partial charge is 0.478 e. The molecule has 1 aromatic carbocycles. The first-order valence-electron chi connectivity index (χ1n) is 7.28. The van der Waals surface area contributed by atoms with Gasteiger partial charge >= 0.3 is 5.97 Å². The molecule has 120 valence electrons. The zero-order valence-corrected chi connectivity index (χ0v) is 13.2. The predicted octanol–water partition coefficient (Wildman–Crippen LogP) is 2.23. The summed E-state index contributed by atoms with van der Waals surface area (Å²) in [6, 6.07) is 7.69. The molecule has 1 aromatic heterocycles. The van der Waals surface area contributed by atoms with Gasteiger partial charge in [0.15, 0.2) is 0 Å². The van der Waals surface area contributed by atoms with Crippen LogP contribution in [0.1, 0.15) is 23.2 Å². The fraction of sp³-hybridized carbons (Fsp3) is 0.250. The number of rotatable bonds is 4. The Morgan fingerprint density at radius 1 is 1.09 bits per heavy atom. The second kappa shape index (κ2) is 6.10. The first-order chi connectivity index (χ1) is 11.0. The van der Waals surface area contributed by atoms with E-state index in [1.807, 2.05) is 0 Å². The van der Waals surface area contributed by atoms with Crippen LogP contribution in [0.25, 0.3) is 11.1 Å². The topological polar surface area (TPSA) is 87.6 Å². The molecule has 0 unspecified atom stereocenters. The Bertz CT molecular complexity index is 825. The van der Waals surface area contributed by atoms with Crippen LogP contribution in [-0.4, -0.2) is 41.9 Å². The van der Waals surface area contributed by atoms with Crippen molar-refractivity contribution < 1.29 is 18.3 Å². The van der Waals surface area contributed by atoms with Crippen molar-refractivity contribution >= 4 is 16.0 Å². The monoisotopic (exact) mass is 332 g/mol. The molecule has 1 saturated heterocycles. The number of pyridine rings is 1. The molecular formula is C16H16N2O4S. The van der Waals surface area contributed by atoms with Crippen molar-refractivity contribution in [3.05, 3.63) is 48.3 Å². The number of carboxylic acids is 1. The van der Waals surface area contributed by atoms with Crippen LogP contribution in [0.4, 0.5) is 0 Å². The molecule has 1 fully saturated rings. The Morgan fingerprint density at radius 3 is 2.35 bits per heavy atom. The number of sulfonamides is 1. The summed E-state index contributed by atoms with van der Waals surface area (Å²) in [6.45, 7) is 1.10. The normalized spacial score (nSPS) is 15.7. The Kier molecular flexibility index (Phi) is 4.14. The molecule has 6 nitrogen and oxygen atoms in total. The first-order valence-corrected chi connectivity index (χ1v) is 8.72. The van der Waals surface area contributed by atoms with Gasteiger partial charge in [0.1, 0.15) is 0 Å². The molecule has 23 heavy (non-hydrogen) atoms. The highest BCUT2D eigenvalue weighted by Gasteiger charge is 2.27. The fourth-order valence-corrected chi connectivity index (χ4v) is 4.21. The molecule has 7 heteroatoms. The summed E-state index contributed by atoms with van der Waals surface area (Å²) in [7, 11) is -3.46. The number of aromatic nitrogens is 1. The molecule has 0 bridgehead atoms. The van der Waals surface area contributed by atoms with E-state index in [2.05, 4.69) is 4.98 Å². The second-order valence-electron chi connectivity index (χ2n) is 5.36. The number of hydrogen-bond donors (Lipinski definition) is 1. The van der Waals surface area contributed by atoms with Gasteiger partial charge in [0.05, 0.1) is 10.5 Å². The van der Waals surface area contributed by atoms with Crippen LogP contribution in [0.2, 0.25) is 0 Å². The molecule has 0 atom stereocenters. The molecule has 1 aliphatic heterocycles. The zero-order valence-electron chi connectivity index (χ0n) is 12.3. The number of hydrogen-bond acceptors (Lipinski definition) is 4. The van der Waals surface area contributed by atoms with Gasteiger partial charge in [-0.05, 0) is 36.6 Å². The zero-order chi connectivity index (χ0) is 16.4. The number of aromatic carboxylic acids is 1. The molecular weight excluding hydrogens is 316 g/mol. The van der Waals surface area contributed by atoms with Crippen molar-refractivity contribution in [2.24, 2.45) is 0 Å². The lowest BCUT2D eigenvalue weighted by Crippen LogP contribution is -2.27. The highest BCUT2D eigenvalue weighted by atomic mass is 32.2. The summed E-state index contributed by atoms with van der Waals surface area (Å²) in [6.07, 6.45) is 4.65. The number of nitrogens with zero attached hydrogens (tertiary/aromatic N) is 2. The highest BCUT2D eigenvalue weighted by Crippen LogP contribution is 2.26. The van der Waals surface area contributed by atoms with Gasteiger partial charge in [0, 0.05) is 31.0 Å². The third-order valence-electron chi connectivity index (χ3n) is 3.92. The highest BCUT2D eigenvalue weighted by molar-refractivity contribution is 7.89. The van der Waals surface area contributed by atoms with E-state index in [-0.39, 0.29) is 10.5 Å². The van der Waals surface area contributed by atoms with Gasteiger partial charge in [0.25, 0.3) is 0 Å². The van der Waals surface area contributed by atoms with Crippen LogP contribution in [0.5, 0.6) is 0 Å². The third kappa shape index (κ3) is 2.97. The molecule has 0 amide bonds. The quantitative estimate of drug-likeness (QED) is 0.927. The van der Waals surface area contributed by atoms with E-state index in [9.17, 15) is 18.3 Å². The molecule has 3 rings (SSSR count). The van der Waals surface area contributed by atoms with E-state index < -0.39 is 16.0 Å². The summed E-state index contributed by atoms with van der Waals surface area (Å²) in [5, 5.41) is 9.22. The Hall–Kier alpha value is -2.25. The lowest BCUT2D eigenvalue weighted by atomic mass is 10.0. The Balaban J connectivity index is 1.96. The third-order valence-corrected chi connectivity index (χ3v) is 5.83. The summed E-state index contributed by atoms with van der Waals surface area (Å²) in [5.41, 5.74) is 1.22. The van der Waals surface area contributed by atoms with Gasteiger partial charge in [-0.3, -0.25) is 4.98 Å². The molecule has 1 aliphatic rings. The maximum atomic E-state index is 12.5. The van der Waals surface area contributed by atoms with Crippen LogP contribution < -0.4 is 0 Å². The van der Waals surface area contributed by atoms with Gasteiger partial charge in [-0.25, -0.2) is 13.2 Å². The van der Waals surface area contributed by atoms with Gasteiger partial charge in [-0.15, -0.1) is 0 Å². The van der Waals surface area contributed by atoms with Crippen molar-refractivity contribution in [2.75, 3.05) is 13.1 Å². The number of benzene rings is 1. The summed E-state index contributed by atoms with van der Waals surface area (Å²) >= 11 is 0. The Morgan fingerprint density at radius 2 is 1.74 bits per heavy atom. The van der Waals surface area contributed by atoms with Crippen molar-refractivity contribution in [2.45, 2.75) is 17.7 Å².